The predicted molar refractivity (Wildman–Crippen MR) is 111 cm³/mol. The van der Waals surface area contributed by atoms with Crippen LogP contribution in [0.2, 0.25) is 0 Å². The molecule has 0 unspecified atom stereocenters. The van der Waals surface area contributed by atoms with Gasteiger partial charge in [0.25, 0.3) is 16.9 Å². The highest BCUT2D eigenvalue weighted by molar-refractivity contribution is 7.99. The maximum Gasteiger partial charge on any atom is 0.290 e. The molecule has 0 N–H and O–H groups in total. The Morgan fingerprint density at radius 3 is 2.27 bits per heavy atom. The van der Waals surface area contributed by atoms with Gasteiger partial charge in [0, 0.05) is 6.07 Å². The smallest absolute Gasteiger partial charge is 0.268 e. The van der Waals surface area contributed by atoms with Gasteiger partial charge in [-0.05, 0) is 42.1 Å². The Morgan fingerprint density at radius 1 is 0.867 bits per heavy atom. The Kier molecular flexibility index (Phi) is 4.98. The standard InChI is InChI=1S/C20H12N4O5S/c25-19-15-8-4-5-9-16(15)21-20(22(19)13-6-2-1-3-7-13)30-18-11-10-14(23(26)27)12-17(18)24(28)29/h1-12H. The van der Waals surface area contributed by atoms with Crippen LogP contribution in [-0.4, -0.2) is 19.4 Å². The highest BCUT2D eigenvalue weighted by Gasteiger charge is 2.23. The Morgan fingerprint density at radius 2 is 1.57 bits per heavy atom. The minimum Gasteiger partial charge on any atom is -0.268 e. The molecule has 9 nitrogen and oxygen atoms in total. The number of nitrogens with zero attached hydrogens (tertiary/aromatic N) is 4. The van der Waals surface area contributed by atoms with Gasteiger partial charge in [-0.15, -0.1) is 0 Å². The molecular formula is C20H12N4O5S. The normalized spacial score (nSPS) is 10.8. The summed E-state index contributed by atoms with van der Waals surface area (Å²) in [7, 11) is 0. The molecule has 1 aromatic heterocycles. The van der Waals surface area contributed by atoms with Crippen molar-refractivity contribution < 1.29 is 9.85 Å². The second-order valence-corrected chi connectivity index (χ2v) is 7.17. The topological polar surface area (TPSA) is 121 Å². The van der Waals surface area contributed by atoms with E-state index in [0.717, 1.165) is 17.8 Å². The first kappa shape index (κ1) is 19.3. The Balaban J connectivity index is 1.95. The van der Waals surface area contributed by atoms with Crippen molar-refractivity contribution in [2.75, 3.05) is 0 Å². The lowest BCUT2D eigenvalue weighted by molar-refractivity contribution is -0.396. The van der Waals surface area contributed by atoms with Crippen molar-refractivity contribution in [1.82, 2.24) is 9.55 Å². The summed E-state index contributed by atoms with van der Waals surface area (Å²) < 4.78 is 1.37. The Hall–Kier alpha value is -4.05. The maximum atomic E-state index is 13.2. The number of nitro groups is 2. The zero-order valence-electron chi connectivity index (χ0n) is 15.2. The summed E-state index contributed by atoms with van der Waals surface area (Å²) in [4.78, 5) is 39.0. The van der Waals surface area contributed by atoms with Crippen LogP contribution in [0.15, 0.2) is 87.6 Å². The zero-order chi connectivity index (χ0) is 21.3. The third kappa shape index (κ3) is 3.51. The van der Waals surface area contributed by atoms with Crippen LogP contribution in [0.4, 0.5) is 11.4 Å². The second kappa shape index (κ2) is 7.76. The Bertz CT molecular complexity index is 1350. The fourth-order valence-corrected chi connectivity index (χ4v) is 3.93. The molecule has 3 aromatic carbocycles. The molecule has 148 valence electrons. The molecule has 4 rings (SSSR count). The van der Waals surface area contributed by atoms with E-state index in [0.29, 0.717) is 16.6 Å². The number of benzene rings is 3. The molecule has 30 heavy (non-hydrogen) atoms. The van der Waals surface area contributed by atoms with Crippen molar-refractivity contribution in [3.05, 3.63) is 103 Å². The van der Waals surface area contributed by atoms with Crippen molar-refractivity contribution in [1.29, 1.82) is 0 Å². The third-order valence-corrected chi connectivity index (χ3v) is 5.33. The molecule has 0 amide bonds. The van der Waals surface area contributed by atoms with Crippen LogP contribution in [0, 0.1) is 20.2 Å². The van der Waals surface area contributed by atoms with Gasteiger partial charge >= 0.3 is 0 Å². The molecule has 0 aliphatic rings. The third-order valence-electron chi connectivity index (χ3n) is 4.31. The number of non-ortho nitro benzene ring substituents is 1. The van der Waals surface area contributed by atoms with Crippen LogP contribution >= 0.6 is 11.8 Å². The highest BCUT2D eigenvalue weighted by Crippen LogP contribution is 2.36. The van der Waals surface area contributed by atoms with Gasteiger partial charge in [0.2, 0.25) is 0 Å². The second-order valence-electron chi connectivity index (χ2n) is 6.16. The number of nitro benzene ring substituents is 2. The van der Waals surface area contributed by atoms with Crippen LogP contribution in [0.3, 0.4) is 0 Å². The molecule has 4 aromatic rings. The minimum absolute atomic E-state index is 0.137. The van der Waals surface area contributed by atoms with Gasteiger partial charge in [-0.3, -0.25) is 29.6 Å². The average Bonchev–Trinajstić information content (AvgIpc) is 2.74. The van der Waals surface area contributed by atoms with Gasteiger partial charge in [-0.2, -0.15) is 0 Å². The quantitative estimate of drug-likeness (QED) is 0.267. The highest BCUT2D eigenvalue weighted by atomic mass is 32.2. The van der Waals surface area contributed by atoms with Crippen LogP contribution in [0.5, 0.6) is 0 Å². The summed E-state index contributed by atoms with van der Waals surface area (Å²) in [6, 6.07) is 19.0. The molecule has 10 heteroatoms. The van der Waals surface area contributed by atoms with E-state index in [1.165, 1.54) is 16.7 Å². The van der Waals surface area contributed by atoms with Crippen molar-refractivity contribution in [3.63, 3.8) is 0 Å². The van der Waals surface area contributed by atoms with E-state index in [9.17, 15) is 25.0 Å². The molecule has 0 aliphatic heterocycles. The fourth-order valence-electron chi connectivity index (χ4n) is 2.93. The number of aromatic nitrogens is 2. The average molecular weight is 420 g/mol. The predicted octanol–water partition coefficient (Wildman–Crippen LogP) is 4.35. The summed E-state index contributed by atoms with van der Waals surface area (Å²) in [5, 5.41) is 23.1. The van der Waals surface area contributed by atoms with Gasteiger partial charge in [-0.25, -0.2) is 4.98 Å². The van der Waals surface area contributed by atoms with E-state index in [4.69, 9.17) is 0 Å². The Labute approximate surface area is 172 Å². The van der Waals surface area contributed by atoms with Gasteiger partial charge in [0.15, 0.2) is 5.16 Å². The van der Waals surface area contributed by atoms with E-state index >= 15 is 0 Å². The molecular weight excluding hydrogens is 408 g/mol. The molecule has 0 atom stereocenters. The number of fused-ring (bicyclic) bond motifs is 1. The SMILES string of the molecule is O=c1c2ccccc2nc(Sc2ccc([N+](=O)[O-])cc2[N+](=O)[O-])n1-c1ccccc1. The largest absolute Gasteiger partial charge is 0.290 e. The van der Waals surface area contributed by atoms with Gasteiger partial charge in [0.05, 0.1) is 37.4 Å². The van der Waals surface area contributed by atoms with E-state index in [2.05, 4.69) is 4.98 Å². The molecule has 0 saturated heterocycles. The van der Waals surface area contributed by atoms with Gasteiger partial charge < -0.3 is 0 Å². The number of para-hydroxylation sites is 2. The van der Waals surface area contributed by atoms with Crippen molar-refractivity contribution in [3.8, 4) is 5.69 Å². The first-order valence-corrected chi connectivity index (χ1v) is 9.45. The summed E-state index contributed by atoms with van der Waals surface area (Å²) in [6.45, 7) is 0. The molecule has 0 spiro atoms. The van der Waals surface area contributed by atoms with E-state index in [1.54, 1.807) is 54.6 Å². The van der Waals surface area contributed by atoms with Gasteiger partial charge in [0.1, 0.15) is 0 Å². The van der Waals surface area contributed by atoms with E-state index in [-0.39, 0.29) is 15.6 Å². The maximum absolute atomic E-state index is 13.2. The zero-order valence-corrected chi connectivity index (χ0v) is 16.0. The first-order chi connectivity index (χ1) is 14.5. The minimum atomic E-state index is -0.699. The summed E-state index contributed by atoms with van der Waals surface area (Å²) >= 11 is 0.901. The summed E-state index contributed by atoms with van der Waals surface area (Å²) in [5.41, 5.74) is -0.150. The fraction of sp³-hybridized carbons (Fsp3) is 0. The summed E-state index contributed by atoms with van der Waals surface area (Å²) in [5.74, 6) is 0. The monoisotopic (exact) mass is 420 g/mol. The number of rotatable bonds is 5. The van der Waals surface area contributed by atoms with Crippen molar-refractivity contribution in [2.24, 2.45) is 0 Å². The lowest BCUT2D eigenvalue weighted by Gasteiger charge is -2.13. The summed E-state index contributed by atoms with van der Waals surface area (Å²) in [6.07, 6.45) is 0. The van der Waals surface area contributed by atoms with Crippen LogP contribution < -0.4 is 5.56 Å². The molecule has 0 bridgehead atoms. The van der Waals surface area contributed by atoms with E-state index < -0.39 is 21.2 Å². The lowest BCUT2D eigenvalue weighted by atomic mass is 10.2. The van der Waals surface area contributed by atoms with Crippen LogP contribution in [0.25, 0.3) is 16.6 Å². The molecule has 1 heterocycles. The molecule has 0 radical (unpaired) electrons. The molecule has 0 fully saturated rings. The van der Waals surface area contributed by atoms with Gasteiger partial charge in [-0.1, -0.05) is 30.3 Å². The van der Waals surface area contributed by atoms with Crippen LogP contribution in [-0.2, 0) is 0 Å². The van der Waals surface area contributed by atoms with Crippen molar-refractivity contribution in [2.45, 2.75) is 10.1 Å². The first-order valence-electron chi connectivity index (χ1n) is 8.63. The van der Waals surface area contributed by atoms with E-state index in [1.807, 2.05) is 0 Å². The lowest BCUT2D eigenvalue weighted by Crippen LogP contribution is -2.21. The van der Waals surface area contributed by atoms with Crippen LogP contribution in [0.1, 0.15) is 0 Å². The molecule has 0 aliphatic carbocycles. The number of hydrogen-bond acceptors (Lipinski definition) is 7. The van der Waals surface area contributed by atoms with Crippen molar-refractivity contribution >= 4 is 34.0 Å². The molecule has 0 saturated carbocycles. The number of hydrogen-bond donors (Lipinski definition) is 0.